The maximum atomic E-state index is 14.0. The third kappa shape index (κ3) is 3.95. The van der Waals surface area contributed by atoms with Crippen LogP contribution in [-0.4, -0.2) is 43.1 Å². The van der Waals surface area contributed by atoms with Crippen LogP contribution in [0.25, 0.3) is 5.69 Å². The molecular formula is C21H19Cl2FN4O2. The fraction of sp³-hybridized carbons (Fsp3) is 0.238. The first-order valence-electron chi connectivity index (χ1n) is 9.35. The van der Waals surface area contributed by atoms with Crippen molar-refractivity contribution in [2.24, 2.45) is 0 Å². The molecule has 1 aromatic heterocycles. The lowest BCUT2D eigenvalue weighted by Crippen LogP contribution is -2.47. The van der Waals surface area contributed by atoms with Gasteiger partial charge in [0.05, 0.1) is 24.7 Å². The van der Waals surface area contributed by atoms with Crippen LogP contribution in [0, 0.1) is 5.82 Å². The second-order valence-corrected chi connectivity index (χ2v) is 7.64. The minimum absolute atomic E-state index is 0.115. The van der Waals surface area contributed by atoms with Crippen molar-refractivity contribution < 1.29 is 9.13 Å². The largest absolute Gasteiger partial charge is 0.494 e. The van der Waals surface area contributed by atoms with Crippen LogP contribution < -0.4 is 20.1 Å². The summed E-state index contributed by atoms with van der Waals surface area (Å²) in [7, 11) is 1.44. The van der Waals surface area contributed by atoms with Crippen LogP contribution in [-0.2, 0) is 0 Å². The van der Waals surface area contributed by atoms with E-state index >= 15 is 0 Å². The van der Waals surface area contributed by atoms with Crippen LogP contribution >= 0.6 is 23.2 Å². The molecule has 1 aliphatic rings. The molecule has 6 nitrogen and oxygen atoms in total. The van der Waals surface area contributed by atoms with E-state index < -0.39 is 11.4 Å². The number of hydrogen-bond acceptors (Lipinski definition) is 5. The number of halogens is 3. The van der Waals surface area contributed by atoms with E-state index in [1.165, 1.54) is 17.9 Å². The zero-order valence-corrected chi connectivity index (χ0v) is 17.7. The highest BCUT2D eigenvalue weighted by molar-refractivity contribution is 6.33. The van der Waals surface area contributed by atoms with Crippen molar-refractivity contribution >= 4 is 34.6 Å². The van der Waals surface area contributed by atoms with Gasteiger partial charge in [-0.25, -0.2) is 4.39 Å². The quantitative estimate of drug-likeness (QED) is 0.603. The van der Waals surface area contributed by atoms with Crippen LogP contribution in [0.5, 0.6) is 5.75 Å². The minimum atomic E-state index is -0.393. The molecule has 156 valence electrons. The summed E-state index contributed by atoms with van der Waals surface area (Å²) in [6.07, 6.45) is 1.60. The zero-order chi connectivity index (χ0) is 21.3. The summed E-state index contributed by atoms with van der Waals surface area (Å²) >= 11 is 12.3. The highest BCUT2D eigenvalue weighted by Gasteiger charge is 2.22. The molecule has 0 aliphatic carbocycles. The molecule has 1 aliphatic heterocycles. The van der Waals surface area contributed by atoms with E-state index in [-0.39, 0.29) is 10.8 Å². The number of ether oxygens (including phenoxy) is 1. The minimum Gasteiger partial charge on any atom is -0.494 e. The number of hydrogen-bond donors (Lipinski definition) is 0. The molecule has 0 N–H and O–H groups in total. The van der Waals surface area contributed by atoms with Crippen molar-refractivity contribution in [2.45, 2.75) is 0 Å². The average molecular weight is 449 g/mol. The molecule has 0 bridgehead atoms. The number of rotatable bonds is 4. The molecule has 1 saturated heterocycles. The molecule has 0 amide bonds. The van der Waals surface area contributed by atoms with Crippen molar-refractivity contribution in [3.05, 3.63) is 74.9 Å². The van der Waals surface area contributed by atoms with Gasteiger partial charge in [-0.3, -0.25) is 4.79 Å². The van der Waals surface area contributed by atoms with Crippen LogP contribution in [0.4, 0.5) is 15.8 Å². The van der Waals surface area contributed by atoms with E-state index in [9.17, 15) is 9.18 Å². The van der Waals surface area contributed by atoms with Crippen LogP contribution in [0.15, 0.2) is 53.5 Å². The summed E-state index contributed by atoms with van der Waals surface area (Å²) in [6.45, 7) is 2.56. The highest BCUT2D eigenvalue weighted by atomic mass is 35.5. The zero-order valence-electron chi connectivity index (χ0n) is 16.2. The third-order valence-corrected chi connectivity index (χ3v) is 5.70. The molecule has 4 rings (SSSR count). The molecule has 9 heteroatoms. The van der Waals surface area contributed by atoms with Crippen molar-refractivity contribution in [2.75, 3.05) is 43.1 Å². The number of nitrogens with zero attached hydrogens (tertiary/aromatic N) is 4. The Morgan fingerprint density at radius 2 is 1.60 bits per heavy atom. The summed E-state index contributed by atoms with van der Waals surface area (Å²) in [5.41, 5.74) is 1.57. The molecule has 30 heavy (non-hydrogen) atoms. The number of anilines is 2. The third-order valence-electron chi connectivity index (χ3n) is 5.09. The Morgan fingerprint density at radius 3 is 2.23 bits per heavy atom. The fourth-order valence-corrected chi connectivity index (χ4v) is 3.84. The fourth-order valence-electron chi connectivity index (χ4n) is 3.47. The van der Waals surface area contributed by atoms with Crippen LogP contribution in [0.2, 0.25) is 10.0 Å². The second-order valence-electron chi connectivity index (χ2n) is 6.83. The second kappa shape index (κ2) is 8.53. The molecule has 1 fully saturated rings. The standard InChI is InChI=1S/C21H19Cl2FN4O2/c1-30-19-7-6-16(12-17(19)24)26-8-10-27(11-9-26)18-13-25-28(21(29)20(18)23)15-4-2-14(22)3-5-15/h2-7,12-13H,8-11H2,1H3. The summed E-state index contributed by atoms with van der Waals surface area (Å²) in [4.78, 5) is 16.8. The van der Waals surface area contributed by atoms with Gasteiger partial charge in [-0.05, 0) is 36.4 Å². The van der Waals surface area contributed by atoms with Crippen molar-refractivity contribution in [3.8, 4) is 11.4 Å². The van der Waals surface area contributed by atoms with Gasteiger partial charge in [-0.15, -0.1) is 0 Å². The van der Waals surface area contributed by atoms with Gasteiger partial charge in [0.1, 0.15) is 5.02 Å². The lowest BCUT2D eigenvalue weighted by atomic mass is 10.2. The molecule has 2 heterocycles. The van der Waals surface area contributed by atoms with Gasteiger partial charge >= 0.3 is 0 Å². The van der Waals surface area contributed by atoms with E-state index in [1.807, 2.05) is 11.0 Å². The first-order chi connectivity index (χ1) is 14.5. The van der Waals surface area contributed by atoms with Crippen molar-refractivity contribution in [3.63, 3.8) is 0 Å². The SMILES string of the molecule is COc1ccc(N2CCN(c3cnn(-c4ccc(Cl)cc4)c(=O)c3Cl)CC2)cc1F. The predicted octanol–water partition coefficient (Wildman–Crippen LogP) is 4.01. The lowest BCUT2D eigenvalue weighted by Gasteiger charge is -2.37. The Kier molecular flexibility index (Phi) is 5.83. The first kappa shape index (κ1) is 20.5. The van der Waals surface area contributed by atoms with Gasteiger partial charge in [0.25, 0.3) is 5.56 Å². The Hall–Kier alpha value is -2.77. The Labute approximate surface area is 183 Å². The first-order valence-corrected chi connectivity index (χ1v) is 10.1. The number of benzene rings is 2. The topological polar surface area (TPSA) is 50.6 Å². The molecule has 0 unspecified atom stereocenters. The maximum absolute atomic E-state index is 14.0. The Balaban J connectivity index is 1.51. The van der Waals surface area contributed by atoms with E-state index in [4.69, 9.17) is 27.9 Å². The monoisotopic (exact) mass is 448 g/mol. The van der Waals surface area contributed by atoms with Gasteiger partial charge in [0, 0.05) is 43.0 Å². The van der Waals surface area contributed by atoms with E-state index in [0.717, 1.165) is 5.69 Å². The molecule has 0 spiro atoms. The normalized spacial score (nSPS) is 14.1. The number of methoxy groups -OCH3 is 1. The van der Waals surface area contributed by atoms with Crippen LogP contribution in [0.3, 0.4) is 0 Å². The Bertz CT molecular complexity index is 1110. The number of aromatic nitrogens is 2. The Morgan fingerprint density at radius 1 is 0.967 bits per heavy atom. The highest BCUT2D eigenvalue weighted by Crippen LogP contribution is 2.27. The van der Waals surface area contributed by atoms with Crippen molar-refractivity contribution in [1.82, 2.24) is 9.78 Å². The summed E-state index contributed by atoms with van der Waals surface area (Å²) in [5.74, 6) is -0.174. The molecule has 2 aromatic carbocycles. The molecular weight excluding hydrogens is 430 g/mol. The van der Waals surface area contributed by atoms with Gasteiger partial charge in [0.15, 0.2) is 11.6 Å². The summed E-state index contributed by atoms with van der Waals surface area (Å²) < 4.78 is 20.2. The average Bonchev–Trinajstić information content (AvgIpc) is 2.76. The van der Waals surface area contributed by atoms with Gasteiger partial charge in [0.2, 0.25) is 0 Å². The predicted molar refractivity (Wildman–Crippen MR) is 117 cm³/mol. The smallest absolute Gasteiger partial charge is 0.292 e. The van der Waals surface area contributed by atoms with E-state index in [1.54, 1.807) is 36.5 Å². The van der Waals surface area contributed by atoms with Crippen LogP contribution in [0.1, 0.15) is 0 Å². The molecule has 0 atom stereocenters. The molecule has 0 saturated carbocycles. The lowest BCUT2D eigenvalue weighted by molar-refractivity contribution is 0.386. The van der Waals surface area contributed by atoms with Crippen molar-refractivity contribution in [1.29, 1.82) is 0 Å². The van der Waals surface area contributed by atoms with Gasteiger partial charge in [-0.1, -0.05) is 23.2 Å². The number of piperazine rings is 1. The maximum Gasteiger partial charge on any atom is 0.292 e. The van der Waals surface area contributed by atoms with E-state index in [2.05, 4.69) is 10.00 Å². The van der Waals surface area contributed by atoms with Gasteiger partial charge in [-0.2, -0.15) is 9.78 Å². The molecule has 3 aromatic rings. The van der Waals surface area contributed by atoms with Gasteiger partial charge < -0.3 is 14.5 Å². The summed E-state index contributed by atoms with van der Waals surface area (Å²) in [6, 6.07) is 11.7. The molecule has 0 radical (unpaired) electrons. The van der Waals surface area contributed by atoms with E-state index in [0.29, 0.717) is 42.6 Å². The summed E-state index contributed by atoms with van der Waals surface area (Å²) in [5, 5.41) is 4.97.